The molecule has 5 nitrogen and oxygen atoms in total. The Labute approximate surface area is 118 Å². The molecule has 20 heavy (non-hydrogen) atoms. The van der Waals surface area contributed by atoms with Crippen LogP contribution in [0.2, 0.25) is 0 Å². The Morgan fingerprint density at radius 3 is 2.70 bits per heavy atom. The number of amides is 2. The topological polar surface area (TPSA) is 50.8 Å². The first-order valence-electron chi connectivity index (χ1n) is 7.07. The molecular formula is C15H20N2O3. The van der Waals surface area contributed by atoms with E-state index in [0.29, 0.717) is 19.0 Å². The van der Waals surface area contributed by atoms with Crippen LogP contribution < -0.4 is 14.8 Å². The van der Waals surface area contributed by atoms with Crippen LogP contribution in [0.5, 0.6) is 11.5 Å². The Morgan fingerprint density at radius 2 is 2.00 bits per heavy atom. The smallest absolute Gasteiger partial charge is 0.317 e. The summed E-state index contributed by atoms with van der Waals surface area (Å²) in [6, 6.07) is 4.06. The predicted octanol–water partition coefficient (Wildman–Crippen LogP) is 2.14. The van der Waals surface area contributed by atoms with Gasteiger partial charge in [0.15, 0.2) is 11.5 Å². The quantitative estimate of drug-likeness (QED) is 0.900. The van der Waals surface area contributed by atoms with E-state index in [0.717, 1.165) is 30.0 Å². The molecule has 3 rings (SSSR count). The molecule has 2 heterocycles. The first-order valence-corrected chi connectivity index (χ1v) is 7.07. The van der Waals surface area contributed by atoms with E-state index in [1.807, 2.05) is 17.0 Å². The molecule has 0 aromatic heterocycles. The van der Waals surface area contributed by atoms with Crippen LogP contribution in [-0.2, 0) is 13.0 Å². The minimum absolute atomic E-state index is 0.0158. The van der Waals surface area contributed by atoms with E-state index in [9.17, 15) is 4.79 Å². The molecule has 0 bridgehead atoms. The Bertz CT molecular complexity index is 528. The van der Waals surface area contributed by atoms with Crippen LogP contribution in [0.15, 0.2) is 12.1 Å². The van der Waals surface area contributed by atoms with E-state index in [1.54, 1.807) is 0 Å². The minimum Gasteiger partial charge on any atom is -0.454 e. The lowest BCUT2D eigenvalue weighted by molar-refractivity contribution is 0.174. The van der Waals surface area contributed by atoms with Crippen LogP contribution in [0, 0.1) is 5.92 Å². The highest BCUT2D eigenvalue weighted by Crippen LogP contribution is 2.36. The molecule has 2 aliphatic rings. The maximum atomic E-state index is 12.1. The number of benzene rings is 1. The second-order valence-corrected chi connectivity index (χ2v) is 5.73. The Hall–Kier alpha value is -1.91. The van der Waals surface area contributed by atoms with E-state index in [2.05, 4.69) is 19.2 Å². The summed E-state index contributed by atoms with van der Waals surface area (Å²) in [5.41, 5.74) is 2.40. The first kappa shape index (κ1) is 13.1. The van der Waals surface area contributed by atoms with Gasteiger partial charge in [-0.3, -0.25) is 0 Å². The second kappa shape index (κ2) is 5.23. The Morgan fingerprint density at radius 1 is 1.30 bits per heavy atom. The lowest BCUT2D eigenvalue weighted by Crippen LogP contribution is -2.43. The highest BCUT2D eigenvalue weighted by atomic mass is 16.7. The van der Waals surface area contributed by atoms with Gasteiger partial charge in [0.1, 0.15) is 0 Å². The van der Waals surface area contributed by atoms with Crippen molar-refractivity contribution in [1.29, 1.82) is 0 Å². The van der Waals surface area contributed by atoms with Crippen molar-refractivity contribution in [3.8, 4) is 11.5 Å². The van der Waals surface area contributed by atoms with Crippen molar-refractivity contribution in [2.24, 2.45) is 5.92 Å². The zero-order valence-electron chi connectivity index (χ0n) is 11.9. The largest absolute Gasteiger partial charge is 0.454 e. The van der Waals surface area contributed by atoms with Crippen LogP contribution in [-0.4, -0.2) is 30.8 Å². The van der Waals surface area contributed by atoms with Gasteiger partial charge < -0.3 is 19.7 Å². The number of nitrogens with one attached hydrogen (secondary N) is 1. The van der Waals surface area contributed by atoms with Crippen molar-refractivity contribution in [2.75, 3.05) is 19.9 Å². The van der Waals surface area contributed by atoms with Crippen LogP contribution in [0.3, 0.4) is 0 Å². The molecule has 0 saturated heterocycles. The summed E-state index contributed by atoms with van der Waals surface area (Å²) >= 11 is 0. The first-order chi connectivity index (χ1) is 9.63. The van der Waals surface area contributed by atoms with E-state index in [-0.39, 0.29) is 12.8 Å². The molecule has 0 aliphatic carbocycles. The molecule has 1 aromatic rings. The van der Waals surface area contributed by atoms with Gasteiger partial charge in [-0.15, -0.1) is 0 Å². The molecular weight excluding hydrogens is 256 g/mol. The number of hydrogen-bond acceptors (Lipinski definition) is 3. The second-order valence-electron chi connectivity index (χ2n) is 5.73. The maximum Gasteiger partial charge on any atom is 0.317 e. The Balaban J connectivity index is 1.70. The number of nitrogens with zero attached hydrogens (tertiary/aromatic N) is 1. The third-order valence-electron chi connectivity index (χ3n) is 3.66. The average Bonchev–Trinajstić information content (AvgIpc) is 2.88. The van der Waals surface area contributed by atoms with Gasteiger partial charge in [0.05, 0.1) is 0 Å². The molecule has 0 unspecified atom stereocenters. The van der Waals surface area contributed by atoms with E-state index in [4.69, 9.17) is 9.47 Å². The van der Waals surface area contributed by atoms with Crippen molar-refractivity contribution in [1.82, 2.24) is 10.2 Å². The lowest BCUT2D eigenvalue weighted by Gasteiger charge is -2.29. The fourth-order valence-electron chi connectivity index (χ4n) is 2.52. The van der Waals surface area contributed by atoms with E-state index >= 15 is 0 Å². The van der Waals surface area contributed by atoms with Crippen LogP contribution in [0.25, 0.3) is 0 Å². The highest BCUT2D eigenvalue weighted by molar-refractivity contribution is 5.74. The molecule has 0 atom stereocenters. The van der Waals surface area contributed by atoms with Crippen molar-refractivity contribution in [3.63, 3.8) is 0 Å². The molecule has 2 amide bonds. The number of hydrogen-bond donors (Lipinski definition) is 1. The van der Waals surface area contributed by atoms with Crippen LogP contribution in [0.4, 0.5) is 4.79 Å². The molecule has 108 valence electrons. The van der Waals surface area contributed by atoms with Gasteiger partial charge in [-0.1, -0.05) is 13.8 Å². The minimum atomic E-state index is 0.0158. The fraction of sp³-hybridized carbons (Fsp3) is 0.533. The van der Waals surface area contributed by atoms with Gasteiger partial charge in [0, 0.05) is 19.6 Å². The normalized spacial score (nSPS) is 16.2. The number of carbonyl (C=O) groups excluding carboxylic acids is 1. The average molecular weight is 276 g/mol. The summed E-state index contributed by atoms with van der Waals surface area (Å²) < 4.78 is 10.8. The summed E-state index contributed by atoms with van der Waals surface area (Å²) in [7, 11) is 0. The molecule has 5 heteroatoms. The van der Waals surface area contributed by atoms with Crippen molar-refractivity contribution < 1.29 is 14.3 Å². The summed E-state index contributed by atoms with van der Waals surface area (Å²) in [6.45, 7) is 6.56. The third-order valence-corrected chi connectivity index (χ3v) is 3.66. The molecule has 1 aromatic carbocycles. The summed E-state index contributed by atoms with van der Waals surface area (Å²) in [5, 5.41) is 2.97. The number of urea groups is 1. The predicted molar refractivity (Wildman–Crippen MR) is 74.9 cm³/mol. The summed E-state index contributed by atoms with van der Waals surface area (Å²) in [4.78, 5) is 14.0. The lowest BCUT2D eigenvalue weighted by atomic mass is 9.99. The Kier molecular flexibility index (Phi) is 3.42. The molecule has 2 aliphatic heterocycles. The summed E-state index contributed by atoms with van der Waals surface area (Å²) in [5.74, 6) is 2.07. The summed E-state index contributed by atoms with van der Waals surface area (Å²) in [6.07, 6.45) is 0.862. The standard InChI is InChI=1S/C15H20N2O3/c1-10(2)7-16-15(18)17-4-3-11-5-13-14(20-9-19-13)6-12(11)8-17/h5-6,10H,3-4,7-9H2,1-2H3,(H,16,18). The molecule has 0 spiro atoms. The number of fused-ring (bicyclic) bond motifs is 2. The number of rotatable bonds is 2. The van der Waals surface area contributed by atoms with E-state index < -0.39 is 0 Å². The van der Waals surface area contributed by atoms with Gasteiger partial charge in [0.2, 0.25) is 6.79 Å². The number of carbonyl (C=O) groups is 1. The van der Waals surface area contributed by atoms with Crippen LogP contribution >= 0.6 is 0 Å². The highest BCUT2D eigenvalue weighted by Gasteiger charge is 2.24. The molecule has 0 saturated carbocycles. The van der Waals surface area contributed by atoms with Gasteiger partial charge in [0.25, 0.3) is 0 Å². The SMILES string of the molecule is CC(C)CNC(=O)N1CCc2cc3c(cc2C1)OCO3. The monoisotopic (exact) mass is 276 g/mol. The van der Waals surface area contributed by atoms with Crippen LogP contribution in [0.1, 0.15) is 25.0 Å². The van der Waals surface area contributed by atoms with Gasteiger partial charge in [-0.2, -0.15) is 0 Å². The zero-order chi connectivity index (χ0) is 14.1. The van der Waals surface area contributed by atoms with Crippen molar-refractivity contribution >= 4 is 6.03 Å². The zero-order valence-corrected chi connectivity index (χ0v) is 11.9. The molecule has 0 fully saturated rings. The van der Waals surface area contributed by atoms with Crippen molar-refractivity contribution in [3.05, 3.63) is 23.3 Å². The molecule has 0 radical (unpaired) electrons. The molecule has 1 N–H and O–H groups in total. The van der Waals surface area contributed by atoms with Gasteiger partial charge in [-0.05, 0) is 35.6 Å². The maximum absolute atomic E-state index is 12.1. The van der Waals surface area contributed by atoms with Gasteiger partial charge in [-0.25, -0.2) is 4.79 Å². The fourth-order valence-corrected chi connectivity index (χ4v) is 2.52. The van der Waals surface area contributed by atoms with Gasteiger partial charge >= 0.3 is 6.03 Å². The van der Waals surface area contributed by atoms with Crippen molar-refractivity contribution in [2.45, 2.75) is 26.8 Å². The third kappa shape index (κ3) is 2.53. The van der Waals surface area contributed by atoms with E-state index in [1.165, 1.54) is 5.56 Å². The number of ether oxygens (including phenoxy) is 2.